The Hall–Kier alpha value is -1.69. The Labute approximate surface area is 111 Å². The fraction of sp³-hybridized carbons (Fsp3) is 0.538. The molecule has 0 aliphatic carbocycles. The zero-order valence-corrected chi connectivity index (χ0v) is 11.2. The zero-order chi connectivity index (χ0) is 13.8. The van der Waals surface area contributed by atoms with Crippen LogP contribution in [0, 0.1) is 0 Å². The summed E-state index contributed by atoms with van der Waals surface area (Å²) in [4.78, 5) is 17.5. The Balaban J connectivity index is 2.21. The van der Waals surface area contributed by atoms with Crippen molar-refractivity contribution in [3.05, 3.63) is 30.2 Å². The second kappa shape index (κ2) is 5.97. The summed E-state index contributed by atoms with van der Waals surface area (Å²) < 4.78 is 20.8. The molecule has 104 valence electrons. The van der Waals surface area contributed by atoms with E-state index in [2.05, 4.69) is 4.98 Å². The van der Waals surface area contributed by atoms with Crippen molar-refractivity contribution in [3.63, 3.8) is 0 Å². The number of hydrogen-bond donors (Lipinski definition) is 0. The summed E-state index contributed by atoms with van der Waals surface area (Å²) in [5, 5.41) is 0. The van der Waals surface area contributed by atoms with Crippen LogP contribution >= 0.6 is 0 Å². The number of rotatable bonds is 4. The highest BCUT2D eigenvalue weighted by Gasteiger charge is 2.23. The highest BCUT2D eigenvalue weighted by molar-refractivity contribution is 6.05. The predicted molar refractivity (Wildman–Crippen MR) is 68.5 cm³/mol. The van der Waals surface area contributed by atoms with E-state index in [-0.39, 0.29) is 6.04 Å². The molecule has 19 heavy (non-hydrogen) atoms. The molecule has 2 heterocycles. The van der Waals surface area contributed by atoms with E-state index < -0.39 is 11.6 Å². The van der Waals surface area contributed by atoms with E-state index in [9.17, 15) is 9.18 Å². The standard InChI is InChI=1S/C13H18FN3O2/c1-16(2)8-11(14)13(18)12-7-15-9-17(12)10-3-5-19-6-4-10/h7-10H,3-6H2,1-2H3/b11-8-. The van der Waals surface area contributed by atoms with Crippen molar-refractivity contribution in [1.29, 1.82) is 0 Å². The summed E-state index contributed by atoms with van der Waals surface area (Å²) >= 11 is 0. The molecule has 0 bridgehead atoms. The second-order valence-corrected chi connectivity index (χ2v) is 4.80. The molecule has 6 heteroatoms. The largest absolute Gasteiger partial charge is 0.381 e. The van der Waals surface area contributed by atoms with E-state index in [0.717, 1.165) is 12.8 Å². The summed E-state index contributed by atoms with van der Waals surface area (Å²) in [5.74, 6) is -1.41. The third kappa shape index (κ3) is 3.20. The minimum absolute atomic E-state index is 0.155. The van der Waals surface area contributed by atoms with Gasteiger partial charge in [-0.05, 0) is 12.8 Å². The maximum Gasteiger partial charge on any atom is 0.240 e. The van der Waals surface area contributed by atoms with Gasteiger partial charge < -0.3 is 14.2 Å². The first kappa shape index (κ1) is 13.7. The van der Waals surface area contributed by atoms with Gasteiger partial charge in [-0.1, -0.05) is 0 Å². The van der Waals surface area contributed by atoms with Crippen LogP contribution in [0.15, 0.2) is 24.6 Å². The Bertz CT molecular complexity index is 476. The average molecular weight is 267 g/mol. The van der Waals surface area contributed by atoms with Gasteiger partial charge in [0.25, 0.3) is 0 Å². The molecule has 0 atom stereocenters. The number of Topliss-reactive ketones (excluding diaryl/α,β-unsaturated/α-hetero) is 1. The topological polar surface area (TPSA) is 47.4 Å². The summed E-state index contributed by atoms with van der Waals surface area (Å²) in [6, 6.07) is 0.155. The molecule has 2 rings (SSSR count). The minimum Gasteiger partial charge on any atom is -0.381 e. The van der Waals surface area contributed by atoms with Crippen molar-refractivity contribution < 1.29 is 13.9 Å². The third-order valence-corrected chi connectivity index (χ3v) is 3.07. The van der Waals surface area contributed by atoms with E-state index in [1.54, 1.807) is 25.0 Å². The number of halogens is 1. The van der Waals surface area contributed by atoms with Gasteiger partial charge in [0, 0.05) is 39.6 Å². The zero-order valence-electron chi connectivity index (χ0n) is 11.2. The lowest BCUT2D eigenvalue weighted by Crippen LogP contribution is -2.22. The van der Waals surface area contributed by atoms with Crippen molar-refractivity contribution in [2.24, 2.45) is 0 Å². The fourth-order valence-corrected chi connectivity index (χ4v) is 2.14. The van der Waals surface area contributed by atoms with Crippen molar-refractivity contribution in [2.45, 2.75) is 18.9 Å². The van der Waals surface area contributed by atoms with Gasteiger partial charge in [-0.2, -0.15) is 0 Å². The molecule has 1 aliphatic heterocycles. The van der Waals surface area contributed by atoms with Gasteiger partial charge in [0.1, 0.15) is 5.69 Å². The quantitative estimate of drug-likeness (QED) is 0.616. The molecule has 0 saturated carbocycles. The summed E-state index contributed by atoms with van der Waals surface area (Å²) in [7, 11) is 3.34. The Morgan fingerprint density at radius 3 is 2.84 bits per heavy atom. The molecular weight excluding hydrogens is 249 g/mol. The molecule has 0 aromatic carbocycles. The van der Waals surface area contributed by atoms with Gasteiger partial charge in [0.05, 0.1) is 12.5 Å². The first-order chi connectivity index (χ1) is 9.09. The Kier molecular flexibility index (Phi) is 4.31. The van der Waals surface area contributed by atoms with Gasteiger partial charge >= 0.3 is 0 Å². The number of hydrogen-bond acceptors (Lipinski definition) is 4. The predicted octanol–water partition coefficient (Wildman–Crippen LogP) is 1.79. The van der Waals surface area contributed by atoms with Crippen LogP contribution < -0.4 is 0 Å². The number of carbonyl (C=O) groups is 1. The van der Waals surface area contributed by atoms with E-state index in [1.165, 1.54) is 17.3 Å². The molecule has 1 aromatic heterocycles. The molecule has 1 aromatic rings. The SMILES string of the molecule is CN(C)/C=C(\F)C(=O)c1cncn1C1CCOCC1. The maximum atomic E-state index is 13.8. The van der Waals surface area contributed by atoms with Crippen LogP contribution in [0.4, 0.5) is 4.39 Å². The number of nitrogens with zero attached hydrogens (tertiary/aromatic N) is 3. The van der Waals surface area contributed by atoms with Crippen LogP contribution in [0.2, 0.25) is 0 Å². The molecule has 0 unspecified atom stereocenters. The van der Waals surface area contributed by atoms with Gasteiger partial charge in [-0.25, -0.2) is 9.37 Å². The molecular formula is C13H18FN3O2. The van der Waals surface area contributed by atoms with Crippen LogP contribution in [-0.4, -0.2) is 47.5 Å². The molecule has 5 nitrogen and oxygen atoms in total. The van der Waals surface area contributed by atoms with Crippen LogP contribution in [0.1, 0.15) is 29.4 Å². The van der Waals surface area contributed by atoms with E-state index >= 15 is 0 Å². The lowest BCUT2D eigenvalue weighted by Gasteiger charge is -2.24. The van der Waals surface area contributed by atoms with Gasteiger partial charge in [-0.15, -0.1) is 0 Å². The normalized spacial score (nSPS) is 17.5. The van der Waals surface area contributed by atoms with E-state index in [0.29, 0.717) is 18.9 Å². The van der Waals surface area contributed by atoms with Gasteiger partial charge in [0.2, 0.25) is 5.78 Å². The molecule has 1 saturated heterocycles. The Morgan fingerprint density at radius 1 is 1.53 bits per heavy atom. The van der Waals surface area contributed by atoms with Crippen molar-refractivity contribution in [2.75, 3.05) is 27.3 Å². The van der Waals surface area contributed by atoms with Crippen LogP contribution in [0.5, 0.6) is 0 Å². The van der Waals surface area contributed by atoms with Crippen molar-refractivity contribution in [1.82, 2.24) is 14.5 Å². The van der Waals surface area contributed by atoms with Crippen LogP contribution in [0.25, 0.3) is 0 Å². The minimum atomic E-state index is -0.779. The number of ketones is 1. The highest BCUT2D eigenvalue weighted by Crippen LogP contribution is 2.23. The number of aromatic nitrogens is 2. The van der Waals surface area contributed by atoms with E-state index in [4.69, 9.17) is 4.74 Å². The van der Waals surface area contributed by atoms with Crippen LogP contribution in [0.3, 0.4) is 0 Å². The summed E-state index contributed by atoms with van der Waals surface area (Å²) in [5.41, 5.74) is 0.294. The number of imidazole rings is 1. The van der Waals surface area contributed by atoms with Crippen LogP contribution in [-0.2, 0) is 4.74 Å². The first-order valence-electron chi connectivity index (χ1n) is 6.27. The van der Waals surface area contributed by atoms with E-state index in [1.807, 2.05) is 0 Å². The van der Waals surface area contributed by atoms with Crippen molar-refractivity contribution in [3.8, 4) is 0 Å². The van der Waals surface area contributed by atoms with Crippen molar-refractivity contribution >= 4 is 5.78 Å². The first-order valence-corrected chi connectivity index (χ1v) is 6.27. The lowest BCUT2D eigenvalue weighted by atomic mass is 10.1. The number of allylic oxidation sites excluding steroid dienone is 1. The fourth-order valence-electron chi connectivity index (χ4n) is 2.14. The number of ether oxygens (including phenoxy) is 1. The van der Waals surface area contributed by atoms with Gasteiger partial charge in [-0.3, -0.25) is 4.79 Å². The molecule has 0 N–H and O–H groups in total. The molecule has 0 amide bonds. The smallest absolute Gasteiger partial charge is 0.240 e. The Morgan fingerprint density at radius 2 is 2.21 bits per heavy atom. The molecule has 1 fully saturated rings. The molecule has 1 aliphatic rings. The third-order valence-electron chi connectivity index (χ3n) is 3.07. The molecule has 0 radical (unpaired) electrons. The lowest BCUT2D eigenvalue weighted by molar-refractivity contribution is 0.0680. The average Bonchev–Trinajstić information content (AvgIpc) is 2.87. The summed E-state index contributed by atoms with van der Waals surface area (Å²) in [6.07, 6.45) is 5.81. The second-order valence-electron chi connectivity index (χ2n) is 4.80. The highest BCUT2D eigenvalue weighted by atomic mass is 19.1. The summed E-state index contributed by atoms with van der Waals surface area (Å²) in [6.45, 7) is 1.32. The monoisotopic (exact) mass is 267 g/mol. The maximum absolute atomic E-state index is 13.8. The van der Waals surface area contributed by atoms with Gasteiger partial charge in [0.15, 0.2) is 5.83 Å². The number of carbonyl (C=O) groups excluding carboxylic acids is 1. The molecule has 0 spiro atoms.